The van der Waals surface area contributed by atoms with E-state index in [1.165, 1.54) is 4.40 Å². The summed E-state index contributed by atoms with van der Waals surface area (Å²) in [6.07, 6.45) is 1.54. The Labute approximate surface area is 124 Å². The molecule has 0 amide bonds. The number of hydrogen-bond acceptors (Lipinski definition) is 7. The summed E-state index contributed by atoms with van der Waals surface area (Å²) in [5.74, 6) is 2.01. The van der Waals surface area contributed by atoms with Crippen LogP contribution >= 0.6 is 0 Å². The minimum absolute atomic E-state index is 0.106. The van der Waals surface area contributed by atoms with E-state index in [0.717, 1.165) is 0 Å². The van der Waals surface area contributed by atoms with E-state index in [1.807, 2.05) is 18.2 Å². The summed E-state index contributed by atoms with van der Waals surface area (Å²) in [5.41, 5.74) is 5.97. The molecule has 8 nitrogen and oxygen atoms in total. The Hall–Kier alpha value is -3.42. The van der Waals surface area contributed by atoms with Crippen LogP contribution in [0.4, 0.5) is 5.95 Å². The maximum absolute atomic E-state index is 5.97. The molecule has 2 N–H and O–H groups in total. The lowest BCUT2D eigenvalue weighted by atomic mass is 10.3. The first kappa shape index (κ1) is 12.3. The highest BCUT2D eigenvalue weighted by Crippen LogP contribution is 2.23. The number of rotatable bonds is 3. The van der Waals surface area contributed by atoms with Crippen LogP contribution in [0.3, 0.4) is 0 Å². The lowest BCUT2D eigenvalue weighted by molar-refractivity contribution is 0.442. The number of aromatic nitrogens is 5. The highest BCUT2D eigenvalue weighted by Gasteiger charge is 2.16. The van der Waals surface area contributed by atoms with Gasteiger partial charge in [-0.15, -0.1) is 10.2 Å². The van der Waals surface area contributed by atoms with Gasteiger partial charge in [-0.25, -0.2) is 4.40 Å². The van der Waals surface area contributed by atoms with Gasteiger partial charge in [0.25, 0.3) is 5.78 Å². The van der Waals surface area contributed by atoms with Crippen molar-refractivity contribution in [3.05, 3.63) is 48.7 Å². The Kier molecular flexibility index (Phi) is 2.72. The fourth-order valence-electron chi connectivity index (χ4n) is 2.02. The first-order valence-corrected chi connectivity index (χ1v) is 6.47. The Morgan fingerprint density at radius 1 is 1.00 bits per heavy atom. The summed E-state index contributed by atoms with van der Waals surface area (Å²) in [4.78, 5) is 8.32. The summed E-state index contributed by atoms with van der Waals surface area (Å²) in [7, 11) is 0. The molecule has 0 aliphatic rings. The van der Waals surface area contributed by atoms with Crippen LogP contribution in [0.1, 0.15) is 0 Å². The molecule has 0 saturated heterocycles. The molecule has 108 valence electrons. The highest BCUT2D eigenvalue weighted by molar-refractivity contribution is 5.55. The Bertz CT molecular complexity index is 917. The Balaban J connectivity index is 1.78. The predicted molar refractivity (Wildman–Crippen MR) is 77.2 cm³/mol. The lowest BCUT2D eigenvalue weighted by Crippen LogP contribution is -2.05. The van der Waals surface area contributed by atoms with Crippen LogP contribution in [-0.4, -0.2) is 24.6 Å². The third kappa shape index (κ3) is 2.03. The van der Waals surface area contributed by atoms with Crippen LogP contribution in [0.25, 0.3) is 17.4 Å². The van der Waals surface area contributed by atoms with Gasteiger partial charge in [0.15, 0.2) is 5.76 Å². The van der Waals surface area contributed by atoms with Crippen molar-refractivity contribution in [1.29, 1.82) is 0 Å². The molecule has 1 aromatic carbocycles. The van der Waals surface area contributed by atoms with Gasteiger partial charge in [-0.1, -0.05) is 18.2 Å². The maximum atomic E-state index is 5.97. The average Bonchev–Trinajstić information content (AvgIpc) is 3.16. The molecule has 0 bridgehead atoms. The van der Waals surface area contributed by atoms with E-state index in [-0.39, 0.29) is 17.7 Å². The van der Waals surface area contributed by atoms with Crippen molar-refractivity contribution in [3.63, 3.8) is 0 Å². The first-order chi connectivity index (χ1) is 10.8. The predicted octanol–water partition coefficient (Wildman–Crippen LogP) is 2.15. The molecule has 3 heterocycles. The monoisotopic (exact) mass is 294 g/mol. The number of anilines is 1. The summed E-state index contributed by atoms with van der Waals surface area (Å²) >= 11 is 0. The smallest absolute Gasteiger partial charge is 0.328 e. The Morgan fingerprint density at radius 2 is 1.86 bits per heavy atom. The van der Waals surface area contributed by atoms with Crippen molar-refractivity contribution in [2.75, 3.05) is 5.73 Å². The van der Waals surface area contributed by atoms with E-state index in [2.05, 4.69) is 20.2 Å². The molecule has 0 fully saturated rings. The summed E-state index contributed by atoms with van der Waals surface area (Å²) in [6, 6.07) is 12.8. The van der Waals surface area contributed by atoms with Gasteiger partial charge in [0.1, 0.15) is 5.75 Å². The minimum Gasteiger partial charge on any atom is -0.461 e. The molecule has 0 radical (unpaired) electrons. The topological polar surface area (TPSA) is 104 Å². The van der Waals surface area contributed by atoms with E-state index in [4.69, 9.17) is 14.9 Å². The molecule has 3 aromatic heterocycles. The van der Waals surface area contributed by atoms with Crippen LogP contribution in [0.15, 0.2) is 53.1 Å². The molecule has 0 aliphatic heterocycles. The van der Waals surface area contributed by atoms with Crippen molar-refractivity contribution in [2.24, 2.45) is 0 Å². The first-order valence-electron chi connectivity index (χ1n) is 6.47. The largest absolute Gasteiger partial charge is 0.461 e. The molecule has 22 heavy (non-hydrogen) atoms. The van der Waals surface area contributed by atoms with Gasteiger partial charge in [0, 0.05) is 0 Å². The third-order valence-electron chi connectivity index (χ3n) is 2.97. The van der Waals surface area contributed by atoms with Crippen LogP contribution in [0.2, 0.25) is 0 Å². The number of benzene rings is 1. The fraction of sp³-hybridized carbons (Fsp3) is 0. The van der Waals surface area contributed by atoms with Gasteiger partial charge in [0.2, 0.25) is 11.8 Å². The third-order valence-corrected chi connectivity index (χ3v) is 2.97. The number of nitrogen functional groups attached to an aromatic ring is 1. The average molecular weight is 294 g/mol. The van der Waals surface area contributed by atoms with Crippen LogP contribution in [0.5, 0.6) is 11.8 Å². The zero-order chi connectivity index (χ0) is 14.9. The summed E-state index contributed by atoms with van der Waals surface area (Å²) in [5, 5.41) is 8.01. The van der Waals surface area contributed by atoms with Crippen molar-refractivity contribution in [1.82, 2.24) is 24.6 Å². The van der Waals surface area contributed by atoms with Gasteiger partial charge in [-0.3, -0.25) is 0 Å². The number of furan rings is 1. The van der Waals surface area contributed by atoms with Crippen molar-refractivity contribution >= 4 is 11.7 Å². The molecule has 8 heteroatoms. The van der Waals surface area contributed by atoms with Gasteiger partial charge >= 0.3 is 6.01 Å². The zero-order valence-electron chi connectivity index (χ0n) is 11.2. The number of nitrogens with zero attached hydrogens (tertiary/aromatic N) is 5. The van der Waals surface area contributed by atoms with E-state index in [1.54, 1.807) is 30.5 Å². The lowest BCUT2D eigenvalue weighted by Gasteiger charge is -2.05. The maximum Gasteiger partial charge on any atom is 0.328 e. The number of hydrogen-bond donors (Lipinski definition) is 1. The zero-order valence-corrected chi connectivity index (χ0v) is 11.2. The van der Waals surface area contributed by atoms with Crippen molar-refractivity contribution in [3.8, 4) is 23.3 Å². The minimum atomic E-state index is 0.106. The van der Waals surface area contributed by atoms with E-state index >= 15 is 0 Å². The van der Waals surface area contributed by atoms with Crippen LogP contribution < -0.4 is 10.5 Å². The van der Waals surface area contributed by atoms with E-state index in [9.17, 15) is 0 Å². The normalized spacial score (nSPS) is 10.9. The van der Waals surface area contributed by atoms with Crippen LogP contribution in [-0.2, 0) is 0 Å². The quantitative estimate of drug-likeness (QED) is 0.617. The van der Waals surface area contributed by atoms with Crippen LogP contribution in [0, 0.1) is 0 Å². The van der Waals surface area contributed by atoms with Crippen molar-refractivity contribution < 1.29 is 9.15 Å². The highest BCUT2D eigenvalue weighted by atomic mass is 16.5. The SMILES string of the molecule is Nc1nc(Oc2ccccc2)nc2nnc(-c3ccco3)n12. The number of para-hydroxylation sites is 1. The number of fused-ring (bicyclic) bond motifs is 1. The van der Waals surface area contributed by atoms with Gasteiger partial charge < -0.3 is 14.9 Å². The van der Waals surface area contributed by atoms with E-state index < -0.39 is 0 Å². The number of nitrogens with two attached hydrogens (primary N) is 1. The molecule has 0 unspecified atom stereocenters. The molecule has 0 atom stereocenters. The summed E-state index contributed by atoms with van der Waals surface area (Å²) < 4.78 is 12.4. The fourth-order valence-corrected chi connectivity index (χ4v) is 2.02. The second-order valence-electron chi connectivity index (χ2n) is 4.42. The molecule has 0 aliphatic carbocycles. The molecule has 0 saturated carbocycles. The standard InChI is InChI=1S/C14H10N6O2/c15-12-16-14(22-9-5-2-1-3-6-9)17-13-19-18-11(20(12)13)10-7-4-8-21-10/h1-8H,(H2,15,16,17,19). The Morgan fingerprint density at radius 3 is 2.64 bits per heavy atom. The van der Waals surface area contributed by atoms with Gasteiger partial charge in [-0.2, -0.15) is 9.97 Å². The van der Waals surface area contributed by atoms with E-state index in [0.29, 0.717) is 17.3 Å². The molecule has 4 rings (SSSR count). The number of ether oxygens (including phenoxy) is 1. The van der Waals surface area contributed by atoms with Crippen molar-refractivity contribution in [2.45, 2.75) is 0 Å². The van der Waals surface area contributed by atoms with Gasteiger partial charge in [-0.05, 0) is 24.3 Å². The van der Waals surface area contributed by atoms with Gasteiger partial charge in [0.05, 0.1) is 6.26 Å². The molecular weight excluding hydrogens is 284 g/mol. The summed E-state index contributed by atoms with van der Waals surface area (Å²) in [6.45, 7) is 0. The molecule has 0 spiro atoms. The second-order valence-corrected chi connectivity index (χ2v) is 4.42. The second kappa shape index (κ2) is 4.85. The molecule has 4 aromatic rings. The molecular formula is C14H10N6O2.